The summed E-state index contributed by atoms with van der Waals surface area (Å²) in [5.74, 6) is -2.57. The molecule has 0 aromatic rings. The van der Waals surface area contributed by atoms with E-state index in [1.807, 2.05) is 0 Å². The number of likely N-dealkylation sites (N-methyl/N-ethyl adjacent to an activating group) is 1. The topological polar surface area (TPSA) is 151 Å². The Morgan fingerprint density at radius 3 is 2.67 bits per heavy atom. The Hall–Kier alpha value is -1.26. The van der Waals surface area contributed by atoms with Gasteiger partial charge in [-0.05, 0) is 7.05 Å². The molecule has 0 aromatic heterocycles. The van der Waals surface area contributed by atoms with E-state index >= 15 is 0 Å². The van der Waals surface area contributed by atoms with E-state index in [0.717, 1.165) is 0 Å². The predicted octanol–water partition coefficient (Wildman–Crippen LogP) is -2.25. The maximum Gasteiger partial charge on any atom is 0.336 e. The zero-order valence-corrected chi connectivity index (χ0v) is 11.6. The standard InChI is InChI=1S/C12H20N2O7/c1-14-8-6(15)4-20-7-3-12(11(18)19,21-9(7)8)2-5(13)10(16)17/h5-9,14-15H,2-4,13H2,1H3,(H,16,17)(H,18,19)/t5-,6+,7+,8+,9-,12+/m0/s1. The molecular weight excluding hydrogens is 284 g/mol. The molecule has 6 atom stereocenters. The van der Waals surface area contributed by atoms with Gasteiger partial charge >= 0.3 is 11.9 Å². The van der Waals surface area contributed by atoms with E-state index < -0.39 is 47.9 Å². The molecule has 2 heterocycles. The second kappa shape index (κ2) is 5.85. The summed E-state index contributed by atoms with van der Waals surface area (Å²) in [5, 5.41) is 31.1. The van der Waals surface area contributed by atoms with Gasteiger partial charge in [0.15, 0.2) is 5.60 Å². The molecule has 2 rings (SSSR count). The summed E-state index contributed by atoms with van der Waals surface area (Å²) >= 11 is 0. The molecule has 0 aliphatic carbocycles. The van der Waals surface area contributed by atoms with Gasteiger partial charge in [-0.15, -0.1) is 0 Å². The van der Waals surface area contributed by atoms with Crippen molar-refractivity contribution in [1.29, 1.82) is 0 Å². The highest BCUT2D eigenvalue weighted by molar-refractivity contribution is 5.81. The van der Waals surface area contributed by atoms with Crippen molar-refractivity contribution in [2.45, 2.75) is 48.8 Å². The lowest BCUT2D eigenvalue weighted by molar-refractivity contribution is -0.175. The van der Waals surface area contributed by atoms with E-state index in [4.69, 9.17) is 20.3 Å². The Balaban J connectivity index is 2.22. The Kier molecular flexibility index (Phi) is 4.49. The molecule has 0 unspecified atom stereocenters. The fourth-order valence-corrected chi connectivity index (χ4v) is 2.98. The summed E-state index contributed by atoms with van der Waals surface area (Å²) in [6.45, 7) is 0.0662. The number of aliphatic hydroxyl groups excluding tert-OH is 1. The average molecular weight is 304 g/mol. The van der Waals surface area contributed by atoms with Crippen molar-refractivity contribution < 1.29 is 34.4 Å². The van der Waals surface area contributed by atoms with Crippen LogP contribution in [0.3, 0.4) is 0 Å². The summed E-state index contributed by atoms with van der Waals surface area (Å²) in [4.78, 5) is 22.5. The van der Waals surface area contributed by atoms with E-state index in [2.05, 4.69) is 5.32 Å². The molecule has 21 heavy (non-hydrogen) atoms. The average Bonchev–Trinajstić information content (AvgIpc) is 2.78. The van der Waals surface area contributed by atoms with Crippen LogP contribution in [0, 0.1) is 0 Å². The fraction of sp³-hybridized carbons (Fsp3) is 0.833. The number of ether oxygens (including phenoxy) is 2. The summed E-state index contributed by atoms with van der Waals surface area (Å²) in [6, 6.07) is -1.83. The third-order valence-corrected chi connectivity index (χ3v) is 4.10. The number of rotatable bonds is 5. The van der Waals surface area contributed by atoms with Crippen molar-refractivity contribution in [2.75, 3.05) is 13.7 Å². The molecule has 120 valence electrons. The monoisotopic (exact) mass is 304 g/mol. The van der Waals surface area contributed by atoms with Crippen molar-refractivity contribution in [1.82, 2.24) is 5.32 Å². The minimum Gasteiger partial charge on any atom is -0.480 e. The van der Waals surface area contributed by atoms with Gasteiger partial charge in [0.05, 0.1) is 24.9 Å². The molecular formula is C12H20N2O7. The molecule has 2 aliphatic heterocycles. The molecule has 0 aromatic carbocycles. The van der Waals surface area contributed by atoms with Gasteiger partial charge in [-0.2, -0.15) is 0 Å². The fourth-order valence-electron chi connectivity index (χ4n) is 2.98. The van der Waals surface area contributed by atoms with Gasteiger partial charge in [0, 0.05) is 12.8 Å². The van der Waals surface area contributed by atoms with Crippen LogP contribution in [0.4, 0.5) is 0 Å². The third kappa shape index (κ3) is 2.87. The number of nitrogens with one attached hydrogen (secondary N) is 1. The normalized spacial score (nSPS) is 40.5. The van der Waals surface area contributed by atoms with Crippen LogP contribution in [0.15, 0.2) is 0 Å². The SMILES string of the molecule is CN[C@H]1[C@H]2O[C@@](C[C@H](N)C(=O)O)(C(=O)O)C[C@H]2OC[C@H]1O. The first-order chi connectivity index (χ1) is 9.80. The molecule has 2 saturated heterocycles. The molecule has 6 N–H and O–H groups in total. The second-order valence-electron chi connectivity index (χ2n) is 5.49. The van der Waals surface area contributed by atoms with Crippen LogP contribution in [0.25, 0.3) is 0 Å². The van der Waals surface area contributed by atoms with Gasteiger partial charge in [-0.3, -0.25) is 4.79 Å². The van der Waals surface area contributed by atoms with E-state index in [9.17, 15) is 19.8 Å². The third-order valence-electron chi connectivity index (χ3n) is 4.10. The number of nitrogens with two attached hydrogens (primary N) is 1. The zero-order chi connectivity index (χ0) is 15.8. The number of hydrogen-bond acceptors (Lipinski definition) is 7. The van der Waals surface area contributed by atoms with Crippen LogP contribution in [-0.4, -0.2) is 76.9 Å². The number of aliphatic hydroxyl groups is 1. The first-order valence-corrected chi connectivity index (χ1v) is 6.67. The van der Waals surface area contributed by atoms with Crippen molar-refractivity contribution in [3.05, 3.63) is 0 Å². The smallest absolute Gasteiger partial charge is 0.336 e. The second-order valence-corrected chi connectivity index (χ2v) is 5.49. The van der Waals surface area contributed by atoms with Crippen LogP contribution in [0.2, 0.25) is 0 Å². The van der Waals surface area contributed by atoms with Crippen LogP contribution in [0.5, 0.6) is 0 Å². The Labute approximate surface area is 121 Å². The van der Waals surface area contributed by atoms with Crippen LogP contribution < -0.4 is 11.1 Å². The molecule has 9 heteroatoms. The lowest BCUT2D eigenvalue weighted by Gasteiger charge is -2.36. The summed E-state index contributed by atoms with van der Waals surface area (Å²) < 4.78 is 11.0. The lowest BCUT2D eigenvalue weighted by Crippen LogP contribution is -2.57. The van der Waals surface area contributed by atoms with E-state index in [-0.39, 0.29) is 19.4 Å². The quantitative estimate of drug-likeness (QED) is 0.379. The highest BCUT2D eigenvalue weighted by Gasteiger charge is 2.57. The lowest BCUT2D eigenvalue weighted by atomic mass is 9.89. The zero-order valence-electron chi connectivity index (χ0n) is 11.6. The molecule has 0 bridgehead atoms. The molecule has 0 saturated carbocycles. The first-order valence-electron chi connectivity index (χ1n) is 6.67. The van der Waals surface area contributed by atoms with Crippen LogP contribution in [-0.2, 0) is 19.1 Å². The number of fused-ring (bicyclic) bond motifs is 1. The number of carbonyl (C=O) groups is 2. The van der Waals surface area contributed by atoms with Gasteiger partial charge < -0.3 is 35.8 Å². The predicted molar refractivity (Wildman–Crippen MR) is 68.7 cm³/mol. The van der Waals surface area contributed by atoms with E-state index in [0.29, 0.717) is 0 Å². The molecule has 0 amide bonds. The van der Waals surface area contributed by atoms with Crippen molar-refractivity contribution in [3.8, 4) is 0 Å². The number of carboxylic acid groups (broad SMARTS) is 2. The number of aliphatic carboxylic acids is 2. The van der Waals surface area contributed by atoms with Gasteiger partial charge in [-0.25, -0.2) is 4.79 Å². The van der Waals surface area contributed by atoms with Gasteiger partial charge in [0.25, 0.3) is 0 Å². The maximum atomic E-state index is 11.6. The van der Waals surface area contributed by atoms with E-state index in [1.165, 1.54) is 0 Å². The van der Waals surface area contributed by atoms with Gasteiger partial charge in [0.1, 0.15) is 12.1 Å². The Morgan fingerprint density at radius 1 is 1.48 bits per heavy atom. The molecule has 2 fully saturated rings. The molecule has 2 aliphatic rings. The first kappa shape index (κ1) is 16.1. The largest absolute Gasteiger partial charge is 0.480 e. The highest BCUT2D eigenvalue weighted by Crippen LogP contribution is 2.40. The minimum absolute atomic E-state index is 0.00111. The molecule has 0 spiro atoms. The number of carboxylic acids is 2. The van der Waals surface area contributed by atoms with Crippen LogP contribution in [0.1, 0.15) is 12.8 Å². The Bertz CT molecular complexity index is 432. The van der Waals surface area contributed by atoms with Crippen molar-refractivity contribution in [3.63, 3.8) is 0 Å². The summed E-state index contributed by atoms with van der Waals surface area (Å²) in [7, 11) is 1.63. The number of hydrogen-bond donors (Lipinski definition) is 5. The molecule has 0 radical (unpaired) electrons. The van der Waals surface area contributed by atoms with Gasteiger partial charge in [-0.1, -0.05) is 0 Å². The van der Waals surface area contributed by atoms with Crippen molar-refractivity contribution in [2.24, 2.45) is 5.73 Å². The molecule has 9 nitrogen and oxygen atoms in total. The Morgan fingerprint density at radius 2 is 2.14 bits per heavy atom. The van der Waals surface area contributed by atoms with Crippen molar-refractivity contribution >= 4 is 11.9 Å². The minimum atomic E-state index is -1.72. The summed E-state index contributed by atoms with van der Waals surface area (Å²) in [5.41, 5.74) is 3.74. The highest BCUT2D eigenvalue weighted by atomic mass is 16.6. The van der Waals surface area contributed by atoms with Crippen LogP contribution >= 0.6 is 0 Å². The maximum absolute atomic E-state index is 11.6. The van der Waals surface area contributed by atoms with Gasteiger partial charge in [0.2, 0.25) is 0 Å². The van der Waals surface area contributed by atoms with E-state index in [1.54, 1.807) is 7.05 Å². The summed E-state index contributed by atoms with van der Waals surface area (Å²) in [6.07, 6.45) is -2.38.